The number of aromatic nitrogens is 2. The lowest BCUT2D eigenvalue weighted by Gasteiger charge is -2.21. The Morgan fingerprint density at radius 1 is 1.00 bits per heavy atom. The van der Waals surface area contributed by atoms with Gasteiger partial charge in [-0.05, 0) is 53.8 Å². The number of carbonyl (C=O) groups excluding carboxylic acids is 1. The van der Waals surface area contributed by atoms with Crippen molar-refractivity contribution in [2.45, 2.75) is 18.9 Å². The second kappa shape index (κ2) is 11.8. The number of hydrogen-bond donors (Lipinski definition) is 4. The van der Waals surface area contributed by atoms with Gasteiger partial charge in [0, 0.05) is 11.6 Å². The molecule has 7 nitrogen and oxygen atoms in total. The predicted molar refractivity (Wildman–Crippen MR) is 139 cm³/mol. The number of H-pyrrole nitrogens is 1. The van der Waals surface area contributed by atoms with Crippen molar-refractivity contribution in [3.8, 4) is 22.4 Å². The van der Waals surface area contributed by atoms with Crippen molar-refractivity contribution in [1.29, 1.82) is 0 Å². The van der Waals surface area contributed by atoms with Crippen LogP contribution in [0.15, 0.2) is 78.9 Å². The zero-order chi connectivity index (χ0) is 26.4. The smallest absolute Gasteiger partial charge is 0.308 e. The van der Waals surface area contributed by atoms with E-state index in [1.807, 2.05) is 30.3 Å². The van der Waals surface area contributed by atoms with E-state index in [9.17, 15) is 24.2 Å². The van der Waals surface area contributed by atoms with Crippen LogP contribution in [-0.4, -0.2) is 44.9 Å². The van der Waals surface area contributed by atoms with Crippen LogP contribution in [0.2, 0.25) is 5.02 Å². The molecule has 0 bridgehead atoms. The molecule has 2 atom stereocenters. The molecule has 1 amide bonds. The van der Waals surface area contributed by atoms with Crippen molar-refractivity contribution in [3.63, 3.8) is 0 Å². The van der Waals surface area contributed by atoms with Gasteiger partial charge in [-0.25, -0.2) is 4.39 Å². The molecule has 4 rings (SSSR count). The maximum absolute atomic E-state index is 13.6. The zero-order valence-electron chi connectivity index (χ0n) is 19.7. The van der Waals surface area contributed by atoms with Crippen molar-refractivity contribution >= 4 is 23.5 Å². The van der Waals surface area contributed by atoms with E-state index >= 15 is 0 Å². The summed E-state index contributed by atoms with van der Waals surface area (Å²) in [4.78, 5) is 24.6. The number of amides is 1. The Balaban J connectivity index is 1.52. The maximum Gasteiger partial charge on any atom is 0.308 e. The lowest BCUT2D eigenvalue weighted by atomic mass is 9.94. The van der Waals surface area contributed by atoms with E-state index in [-0.39, 0.29) is 17.9 Å². The SMILES string of the molecule is O=C(NC(Cc1ccc(-c2cccc(F)c2)cc1)CC(CO)C(=O)O)c1cc(-c2ccccc2Cl)n[nH]1. The number of aliphatic hydroxyl groups excluding tert-OH is 1. The van der Waals surface area contributed by atoms with E-state index in [1.54, 1.807) is 36.4 Å². The van der Waals surface area contributed by atoms with Crippen LogP contribution in [0.5, 0.6) is 0 Å². The minimum absolute atomic E-state index is 0.0225. The van der Waals surface area contributed by atoms with Gasteiger partial charge >= 0.3 is 5.97 Å². The molecule has 190 valence electrons. The standard InChI is InChI=1S/C28H25ClFN3O4/c29-24-7-2-1-6-23(24)25-15-26(33-32-25)27(35)31-22(14-20(16-34)28(36)37)12-17-8-10-18(11-9-17)19-4-3-5-21(30)13-19/h1-11,13,15,20,22,34H,12,14,16H2,(H,31,35)(H,32,33)(H,36,37). The Kier molecular flexibility index (Phi) is 8.32. The molecule has 3 aromatic carbocycles. The third-order valence-electron chi connectivity index (χ3n) is 6.04. The highest BCUT2D eigenvalue weighted by Crippen LogP contribution is 2.26. The fourth-order valence-electron chi connectivity index (χ4n) is 4.08. The summed E-state index contributed by atoms with van der Waals surface area (Å²) in [6.45, 7) is -0.555. The first-order valence-corrected chi connectivity index (χ1v) is 12.0. The molecule has 0 aliphatic carbocycles. The molecule has 1 aromatic heterocycles. The topological polar surface area (TPSA) is 115 Å². The fraction of sp³-hybridized carbons (Fsp3) is 0.179. The van der Waals surface area contributed by atoms with Crippen molar-refractivity contribution in [1.82, 2.24) is 15.5 Å². The van der Waals surface area contributed by atoms with Gasteiger partial charge < -0.3 is 15.5 Å². The number of hydrogen-bond acceptors (Lipinski definition) is 4. The van der Waals surface area contributed by atoms with Crippen LogP contribution < -0.4 is 5.32 Å². The summed E-state index contributed by atoms with van der Waals surface area (Å²) in [5.74, 6) is -2.98. The Morgan fingerprint density at radius 2 is 1.76 bits per heavy atom. The summed E-state index contributed by atoms with van der Waals surface area (Å²) < 4.78 is 13.6. The van der Waals surface area contributed by atoms with Gasteiger partial charge in [-0.1, -0.05) is 66.2 Å². The summed E-state index contributed by atoms with van der Waals surface area (Å²) in [6.07, 6.45) is 0.346. The van der Waals surface area contributed by atoms with Crippen LogP contribution in [-0.2, 0) is 11.2 Å². The van der Waals surface area contributed by atoms with E-state index < -0.39 is 30.4 Å². The highest BCUT2D eigenvalue weighted by molar-refractivity contribution is 6.33. The van der Waals surface area contributed by atoms with Gasteiger partial charge in [0.25, 0.3) is 5.91 Å². The first-order chi connectivity index (χ1) is 17.8. The van der Waals surface area contributed by atoms with Gasteiger partial charge in [-0.2, -0.15) is 5.10 Å². The lowest BCUT2D eigenvalue weighted by molar-refractivity contribution is -0.143. The number of carboxylic acid groups (broad SMARTS) is 1. The molecule has 9 heteroatoms. The molecule has 4 aromatic rings. The molecule has 1 heterocycles. The van der Waals surface area contributed by atoms with Crippen LogP contribution in [0.25, 0.3) is 22.4 Å². The summed E-state index contributed by atoms with van der Waals surface area (Å²) in [6, 6.07) is 21.7. The van der Waals surface area contributed by atoms with Gasteiger partial charge in [0.2, 0.25) is 0 Å². The van der Waals surface area contributed by atoms with Crippen molar-refractivity contribution in [3.05, 3.63) is 101 Å². The normalized spacial score (nSPS) is 12.6. The van der Waals surface area contributed by atoms with Crippen LogP contribution >= 0.6 is 11.6 Å². The van der Waals surface area contributed by atoms with Crippen LogP contribution in [0.1, 0.15) is 22.5 Å². The lowest BCUT2D eigenvalue weighted by Crippen LogP contribution is -2.40. The average molecular weight is 522 g/mol. The number of aliphatic carboxylic acids is 1. The van der Waals surface area contributed by atoms with E-state index in [1.165, 1.54) is 12.1 Å². The summed E-state index contributed by atoms with van der Waals surface area (Å²) in [5.41, 5.74) is 3.76. The maximum atomic E-state index is 13.6. The highest BCUT2D eigenvalue weighted by atomic mass is 35.5. The number of rotatable bonds is 10. The summed E-state index contributed by atoms with van der Waals surface area (Å²) in [7, 11) is 0. The van der Waals surface area contributed by atoms with Crippen LogP contribution in [0.3, 0.4) is 0 Å². The Morgan fingerprint density at radius 3 is 2.43 bits per heavy atom. The molecule has 0 radical (unpaired) electrons. The first-order valence-electron chi connectivity index (χ1n) is 11.6. The number of benzene rings is 3. The minimum atomic E-state index is -1.15. The summed E-state index contributed by atoms with van der Waals surface area (Å²) in [5, 5.41) is 29.2. The fourth-order valence-corrected chi connectivity index (χ4v) is 4.32. The van der Waals surface area contributed by atoms with E-state index in [2.05, 4.69) is 15.5 Å². The average Bonchev–Trinajstić information content (AvgIpc) is 3.38. The minimum Gasteiger partial charge on any atom is -0.481 e. The highest BCUT2D eigenvalue weighted by Gasteiger charge is 2.25. The third kappa shape index (κ3) is 6.61. The second-order valence-electron chi connectivity index (χ2n) is 8.68. The Hall–Kier alpha value is -4.01. The molecule has 0 aliphatic rings. The Labute approximate surface area is 217 Å². The van der Waals surface area contributed by atoms with Gasteiger partial charge in [0.05, 0.1) is 23.2 Å². The van der Waals surface area contributed by atoms with Crippen molar-refractivity contribution in [2.24, 2.45) is 5.92 Å². The largest absolute Gasteiger partial charge is 0.481 e. The molecule has 0 saturated heterocycles. The second-order valence-corrected chi connectivity index (χ2v) is 9.09. The zero-order valence-corrected chi connectivity index (χ0v) is 20.5. The van der Waals surface area contributed by atoms with E-state index in [4.69, 9.17) is 11.6 Å². The molecular formula is C28H25ClFN3O4. The van der Waals surface area contributed by atoms with E-state index in [0.29, 0.717) is 22.7 Å². The molecule has 2 unspecified atom stereocenters. The molecule has 0 spiro atoms. The molecule has 0 saturated carbocycles. The van der Waals surface area contributed by atoms with Crippen LogP contribution in [0, 0.1) is 11.7 Å². The summed E-state index contributed by atoms with van der Waals surface area (Å²) >= 11 is 6.23. The third-order valence-corrected chi connectivity index (χ3v) is 6.37. The number of halogens is 2. The number of carbonyl (C=O) groups is 2. The van der Waals surface area contributed by atoms with Gasteiger partial charge in [-0.3, -0.25) is 14.7 Å². The number of nitrogens with one attached hydrogen (secondary N) is 2. The van der Waals surface area contributed by atoms with Gasteiger partial charge in [-0.15, -0.1) is 0 Å². The first kappa shape index (κ1) is 26.1. The molecule has 4 N–H and O–H groups in total. The number of aliphatic hydroxyl groups is 1. The molecule has 37 heavy (non-hydrogen) atoms. The number of aromatic amines is 1. The molecule has 0 fully saturated rings. The molecule has 0 aliphatic heterocycles. The monoisotopic (exact) mass is 521 g/mol. The number of nitrogens with zero attached hydrogens (tertiary/aromatic N) is 1. The molecular weight excluding hydrogens is 497 g/mol. The van der Waals surface area contributed by atoms with Gasteiger partial charge in [0.1, 0.15) is 11.5 Å². The Bertz CT molecular complexity index is 1390. The van der Waals surface area contributed by atoms with Crippen molar-refractivity contribution in [2.75, 3.05) is 6.61 Å². The van der Waals surface area contributed by atoms with E-state index in [0.717, 1.165) is 16.7 Å². The quantitative estimate of drug-likeness (QED) is 0.235. The van der Waals surface area contributed by atoms with Crippen LogP contribution in [0.4, 0.5) is 4.39 Å². The van der Waals surface area contributed by atoms with Crippen molar-refractivity contribution < 1.29 is 24.2 Å². The number of carboxylic acids is 1. The predicted octanol–water partition coefficient (Wildman–Crippen LogP) is 4.96. The van der Waals surface area contributed by atoms with Gasteiger partial charge in [0.15, 0.2) is 0 Å².